The molecule has 0 saturated heterocycles. The molecule has 0 aliphatic rings. The summed E-state index contributed by atoms with van der Waals surface area (Å²) >= 11 is 5.20. The van der Waals surface area contributed by atoms with Gasteiger partial charge in [0.25, 0.3) is 0 Å². The molecule has 112 valence electrons. The monoisotopic (exact) mass is 367 g/mol. The third kappa shape index (κ3) is 4.66. The van der Waals surface area contributed by atoms with Crippen LogP contribution in [0, 0.1) is 0 Å². The number of hydrogen-bond donors (Lipinski definition) is 1. The highest BCUT2D eigenvalue weighted by atomic mass is 79.9. The average molecular weight is 368 g/mol. The van der Waals surface area contributed by atoms with Gasteiger partial charge in [-0.25, -0.2) is 0 Å². The SMILES string of the molecule is COc1cc(OC)cc(C(N)CSc2cccc(Br)c2)c1. The van der Waals surface area contributed by atoms with Gasteiger partial charge >= 0.3 is 0 Å². The molecule has 0 amide bonds. The molecule has 21 heavy (non-hydrogen) atoms. The second-order valence-electron chi connectivity index (χ2n) is 4.52. The van der Waals surface area contributed by atoms with Gasteiger partial charge in [0.1, 0.15) is 11.5 Å². The van der Waals surface area contributed by atoms with Gasteiger partial charge in [0.2, 0.25) is 0 Å². The quantitative estimate of drug-likeness (QED) is 0.774. The number of ether oxygens (including phenoxy) is 2. The van der Waals surface area contributed by atoms with Gasteiger partial charge in [0.15, 0.2) is 0 Å². The van der Waals surface area contributed by atoms with Crippen LogP contribution in [0.1, 0.15) is 11.6 Å². The van der Waals surface area contributed by atoms with Crippen LogP contribution < -0.4 is 15.2 Å². The molecule has 0 bridgehead atoms. The van der Waals surface area contributed by atoms with Crippen LogP contribution in [0.4, 0.5) is 0 Å². The van der Waals surface area contributed by atoms with Gasteiger partial charge in [-0.2, -0.15) is 0 Å². The van der Waals surface area contributed by atoms with E-state index in [1.54, 1.807) is 26.0 Å². The van der Waals surface area contributed by atoms with Crippen molar-refractivity contribution in [2.45, 2.75) is 10.9 Å². The Morgan fingerprint density at radius 2 is 1.76 bits per heavy atom. The summed E-state index contributed by atoms with van der Waals surface area (Å²) in [6, 6.07) is 13.9. The third-order valence-electron chi connectivity index (χ3n) is 3.03. The largest absolute Gasteiger partial charge is 0.497 e. The first-order valence-corrected chi connectivity index (χ1v) is 8.27. The van der Waals surface area contributed by atoms with E-state index in [4.69, 9.17) is 15.2 Å². The van der Waals surface area contributed by atoms with Crippen LogP contribution in [0.15, 0.2) is 51.8 Å². The molecular formula is C16H18BrNO2S. The molecule has 0 fully saturated rings. The number of hydrogen-bond acceptors (Lipinski definition) is 4. The maximum atomic E-state index is 6.28. The van der Waals surface area contributed by atoms with Crippen LogP contribution in [-0.4, -0.2) is 20.0 Å². The summed E-state index contributed by atoms with van der Waals surface area (Å²) < 4.78 is 11.6. The summed E-state index contributed by atoms with van der Waals surface area (Å²) in [5.74, 6) is 2.30. The first-order valence-electron chi connectivity index (χ1n) is 6.49. The number of halogens is 1. The topological polar surface area (TPSA) is 44.5 Å². The van der Waals surface area contributed by atoms with Gasteiger partial charge in [-0.15, -0.1) is 11.8 Å². The fraction of sp³-hybridized carbons (Fsp3) is 0.250. The van der Waals surface area contributed by atoms with E-state index in [9.17, 15) is 0 Å². The number of nitrogens with two attached hydrogens (primary N) is 1. The summed E-state index contributed by atoms with van der Waals surface area (Å²) in [6.45, 7) is 0. The molecule has 2 aromatic rings. The lowest BCUT2D eigenvalue weighted by atomic mass is 10.1. The molecule has 3 nitrogen and oxygen atoms in total. The summed E-state index contributed by atoms with van der Waals surface area (Å²) in [6.07, 6.45) is 0. The summed E-state index contributed by atoms with van der Waals surface area (Å²) in [5, 5.41) is 0. The lowest BCUT2D eigenvalue weighted by molar-refractivity contribution is 0.393. The Morgan fingerprint density at radius 3 is 2.33 bits per heavy atom. The highest BCUT2D eigenvalue weighted by molar-refractivity contribution is 9.10. The Bertz CT molecular complexity index is 584. The van der Waals surface area contributed by atoms with Crippen molar-refractivity contribution in [1.29, 1.82) is 0 Å². The van der Waals surface area contributed by atoms with E-state index in [0.717, 1.165) is 27.3 Å². The molecule has 0 spiro atoms. The van der Waals surface area contributed by atoms with E-state index < -0.39 is 0 Å². The van der Waals surface area contributed by atoms with Crippen molar-refractivity contribution in [1.82, 2.24) is 0 Å². The standard InChI is InChI=1S/C16H18BrNO2S/c1-19-13-6-11(7-14(9-13)20-2)16(18)10-21-15-5-3-4-12(17)8-15/h3-9,16H,10,18H2,1-2H3. The predicted molar refractivity (Wildman–Crippen MR) is 91.3 cm³/mol. The maximum Gasteiger partial charge on any atom is 0.122 e. The Morgan fingerprint density at radius 1 is 1.10 bits per heavy atom. The molecule has 2 N–H and O–H groups in total. The van der Waals surface area contributed by atoms with Gasteiger partial charge in [-0.3, -0.25) is 0 Å². The zero-order chi connectivity index (χ0) is 15.2. The number of thioether (sulfide) groups is 1. The van der Waals surface area contributed by atoms with Gasteiger partial charge in [-0.05, 0) is 35.9 Å². The normalized spacial score (nSPS) is 12.0. The lowest BCUT2D eigenvalue weighted by Crippen LogP contribution is -2.13. The fourth-order valence-corrected chi connectivity index (χ4v) is 3.38. The Labute approximate surface area is 138 Å². The summed E-state index contributed by atoms with van der Waals surface area (Å²) in [7, 11) is 3.28. The van der Waals surface area contributed by atoms with E-state index in [1.165, 1.54) is 4.90 Å². The molecule has 2 rings (SSSR count). The second-order valence-corrected chi connectivity index (χ2v) is 6.53. The molecule has 0 aliphatic carbocycles. The van der Waals surface area contributed by atoms with E-state index >= 15 is 0 Å². The van der Waals surface area contributed by atoms with Crippen molar-refractivity contribution in [3.8, 4) is 11.5 Å². The molecule has 0 heterocycles. The first-order chi connectivity index (χ1) is 10.1. The number of benzene rings is 2. The Hall–Kier alpha value is -1.17. The summed E-state index contributed by atoms with van der Waals surface area (Å²) in [4.78, 5) is 1.19. The van der Waals surface area contributed by atoms with Crippen LogP contribution in [-0.2, 0) is 0 Å². The molecule has 0 saturated carbocycles. The van der Waals surface area contributed by atoms with Crippen LogP contribution in [0.2, 0.25) is 0 Å². The van der Waals surface area contributed by atoms with Crippen molar-refractivity contribution in [2.24, 2.45) is 5.73 Å². The average Bonchev–Trinajstić information content (AvgIpc) is 2.52. The van der Waals surface area contributed by atoms with E-state index in [2.05, 4.69) is 28.1 Å². The molecular weight excluding hydrogens is 350 g/mol. The predicted octanol–water partition coefficient (Wildman–Crippen LogP) is 4.26. The third-order valence-corrected chi connectivity index (χ3v) is 4.63. The second kappa shape index (κ2) is 7.73. The molecule has 2 aromatic carbocycles. The molecule has 0 radical (unpaired) electrons. The van der Waals surface area contributed by atoms with Gasteiger partial charge in [0.05, 0.1) is 14.2 Å². The van der Waals surface area contributed by atoms with Crippen molar-refractivity contribution in [2.75, 3.05) is 20.0 Å². The fourth-order valence-electron chi connectivity index (χ4n) is 1.88. The molecule has 1 unspecified atom stereocenters. The minimum atomic E-state index is -0.0852. The molecule has 0 aliphatic heterocycles. The van der Waals surface area contributed by atoms with Crippen LogP contribution in [0.3, 0.4) is 0 Å². The molecule has 0 aromatic heterocycles. The lowest BCUT2D eigenvalue weighted by Gasteiger charge is -2.14. The van der Waals surface area contributed by atoms with Crippen LogP contribution in [0.25, 0.3) is 0 Å². The Kier molecular flexibility index (Phi) is 5.96. The maximum absolute atomic E-state index is 6.28. The highest BCUT2D eigenvalue weighted by Crippen LogP contribution is 2.29. The zero-order valence-electron chi connectivity index (χ0n) is 12.0. The van der Waals surface area contributed by atoms with Gasteiger partial charge in [-0.1, -0.05) is 22.0 Å². The van der Waals surface area contributed by atoms with Gasteiger partial charge < -0.3 is 15.2 Å². The first kappa shape index (κ1) is 16.2. The van der Waals surface area contributed by atoms with Crippen molar-refractivity contribution < 1.29 is 9.47 Å². The van der Waals surface area contributed by atoms with Crippen molar-refractivity contribution in [3.05, 3.63) is 52.5 Å². The minimum absolute atomic E-state index is 0.0852. The molecule has 5 heteroatoms. The summed E-state index contributed by atoms with van der Waals surface area (Å²) in [5.41, 5.74) is 7.29. The highest BCUT2D eigenvalue weighted by Gasteiger charge is 2.10. The van der Waals surface area contributed by atoms with E-state index in [0.29, 0.717) is 0 Å². The zero-order valence-corrected chi connectivity index (χ0v) is 14.4. The van der Waals surface area contributed by atoms with E-state index in [1.807, 2.05) is 30.3 Å². The van der Waals surface area contributed by atoms with E-state index in [-0.39, 0.29) is 6.04 Å². The minimum Gasteiger partial charge on any atom is -0.497 e. The van der Waals surface area contributed by atoms with Crippen LogP contribution >= 0.6 is 27.7 Å². The number of methoxy groups -OCH3 is 2. The molecule has 1 atom stereocenters. The van der Waals surface area contributed by atoms with Crippen molar-refractivity contribution in [3.63, 3.8) is 0 Å². The van der Waals surface area contributed by atoms with Crippen molar-refractivity contribution >= 4 is 27.7 Å². The van der Waals surface area contributed by atoms with Crippen LogP contribution in [0.5, 0.6) is 11.5 Å². The van der Waals surface area contributed by atoms with Gasteiger partial charge in [0, 0.05) is 27.2 Å². The smallest absolute Gasteiger partial charge is 0.122 e. The Balaban J connectivity index is 2.07. The number of rotatable bonds is 6.